The van der Waals surface area contributed by atoms with Crippen molar-refractivity contribution in [2.45, 2.75) is 25.4 Å². The van der Waals surface area contributed by atoms with Crippen molar-refractivity contribution in [1.82, 2.24) is 10.2 Å². The minimum atomic E-state index is 0.147. The molecule has 2 atom stereocenters. The van der Waals surface area contributed by atoms with E-state index in [-0.39, 0.29) is 11.8 Å². The number of benzene rings is 1. The van der Waals surface area contributed by atoms with Gasteiger partial charge in [-0.25, -0.2) is 0 Å². The van der Waals surface area contributed by atoms with Gasteiger partial charge in [0.2, 0.25) is 5.91 Å². The average Bonchev–Trinajstić information content (AvgIpc) is 2.77. The van der Waals surface area contributed by atoms with Crippen LogP contribution >= 0.6 is 11.6 Å². The molecule has 0 aliphatic carbocycles. The highest BCUT2D eigenvalue weighted by Crippen LogP contribution is 2.30. The molecule has 0 spiro atoms. The minimum absolute atomic E-state index is 0.147. The molecule has 2 unspecified atom stereocenters. The van der Waals surface area contributed by atoms with E-state index < -0.39 is 0 Å². The summed E-state index contributed by atoms with van der Waals surface area (Å²) in [6.07, 6.45) is 2.06. The summed E-state index contributed by atoms with van der Waals surface area (Å²) in [5.41, 5.74) is 7.59. The maximum absolute atomic E-state index is 11.7. The van der Waals surface area contributed by atoms with Crippen LogP contribution < -0.4 is 11.1 Å². The molecule has 2 heterocycles. The Morgan fingerprint density at radius 1 is 1.47 bits per heavy atom. The number of anilines is 1. The quantitative estimate of drug-likeness (QED) is 0.809. The highest BCUT2D eigenvalue weighted by atomic mass is 35.5. The molecule has 3 rings (SSSR count). The second-order valence-electron chi connectivity index (χ2n) is 5.38. The van der Waals surface area contributed by atoms with Crippen molar-refractivity contribution in [3.63, 3.8) is 0 Å². The first kappa shape index (κ1) is 12.8. The predicted octanol–water partition coefficient (Wildman–Crippen LogP) is 1.63. The molecule has 1 aromatic carbocycles. The summed E-state index contributed by atoms with van der Waals surface area (Å²) in [6, 6.07) is 5.88. The number of nitrogens with two attached hydrogens (primary N) is 1. The van der Waals surface area contributed by atoms with Crippen LogP contribution in [0.1, 0.15) is 18.4 Å². The van der Waals surface area contributed by atoms with Crippen molar-refractivity contribution in [3.05, 3.63) is 28.8 Å². The summed E-state index contributed by atoms with van der Waals surface area (Å²) in [5, 5.41) is 3.71. The molecule has 5 heteroatoms. The molecular weight excluding hydrogens is 262 g/mol. The molecule has 2 aliphatic heterocycles. The van der Waals surface area contributed by atoms with Gasteiger partial charge in [0.15, 0.2) is 0 Å². The summed E-state index contributed by atoms with van der Waals surface area (Å²) in [4.78, 5) is 14.1. The number of nitrogen functional groups attached to an aromatic ring is 1. The molecule has 102 valence electrons. The van der Waals surface area contributed by atoms with Gasteiger partial charge in [-0.1, -0.05) is 11.6 Å². The van der Waals surface area contributed by atoms with Gasteiger partial charge in [0.1, 0.15) is 0 Å². The number of hydrogen-bond donors (Lipinski definition) is 2. The maximum Gasteiger partial charge on any atom is 0.224 e. The van der Waals surface area contributed by atoms with Crippen LogP contribution in [0.4, 0.5) is 5.69 Å². The van der Waals surface area contributed by atoms with Crippen molar-refractivity contribution in [2.75, 3.05) is 18.8 Å². The third-order valence-electron chi connectivity index (χ3n) is 4.16. The Morgan fingerprint density at radius 2 is 2.32 bits per heavy atom. The summed E-state index contributed by atoms with van der Waals surface area (Å²) in [7, 11) is 0. The van der Waals surface area contributed by atoms with E-state index in [1.807, 2.05) is 18.2 Å². The SMILES string of the molecule is Nc1ccc(Cl)c(CN2CCCC3C(=O)NCC32)c1. The number of nitrogens with zero attached hydrogens (tertiary/aromatic N) is 1. The zero-order valence-corrected chi connectivity index (χ0v) is 11.5. The second kappa shape index (κ2) is 5.02. The molecule has 3 N–H and O–H groups in total. The van der Waals surface area contributed by atoms with Gasteiger partial charge in [-0.2, -0.15) is 0 Å². The van der Waals surface area contributed by atoms with Crippen molar-refractivity contribution < 1.29 is 4.79 Å². The second-order valence-corrected chi connectivity index (χ2v) is 5.79. The number of piperidine rings is 1. The van der Waals surface area contributed by atoms with Crippen molar-refractivity contribution in [3.8, 4) is 0 Å². The fraction of sp³-hybridized carbons (Fsp3) is 0.500. The first-order valence-electron chi connectivity index (χ1n) is 6.71. The maximum atomic E-state index is 11.7. The number of hydrogen-bond acceptors (Lipinski definition) is 3. The molecule has 0 aromatic heterocycles. The van der Waals surface area contributed by atoms with Crippen molar-refractivity contribution >= 4 is 23.2 Å². The molecule has 0 saturated carbocycles. The molecule has 19 heavy (non-hydrogen) atoms. The third kappa shape index (κ3) is 2.42. The number of amides is 1. The van der Waals surface area contributed by atoms with E-state index in [1.54, 1.807) is 0 Å². The van der Waals surface area contributed by atoms with E-state index in [0.29, 0.717) is 6.04 Å². The lowest BCUT2D eigenvalue weighted by Crippen LogP contribution is -2.44. The topological polar surface area (TPSA) is 58.4 Å². The molecule has 1 amide bonds. The van der Waals surface area contributed by atoms with Crippen LogP contribution in [0.2, 0.25) is 5.02 Å². The van der Waals surface area contributed by atoms with E-state index >= 15 is 0 Å². The standard InChI is InChI=1S/C14H18ClN3O/c15-12-4-3-10(16)6-9(12)8-18-5-1-2-11-13(18)7-17-14(11)19/h3-4,6,11,13H,1-2,5,7-8,16H2,(H,17,19). The van der Waals surface area contributed by atoms with Crippen LogP contribution in [0.25, 0.3) is 0 Å². The number of carbonyl (C=O) groups excluding carboxylic acids is 1. The Hall–Kier alpha value is -1.26. The lowest BCUT2D eigenvalue weighted by Gasteiger charge is -2.36. The van der Waals surface area contributed by atoms with Gasteiger partial charge in [-0.15, -0.1) is 0 Å². The molecule has 0 bridgehead atoms. The fourth-order valence-corrected chi connectivity index (χ4v) is 3.35. The first-order chi connectivity index (χ1) is 9.15. The Kier molecular flexibility index (Phi) is 3.37. The summed E-state index contributed by atoms with van der Waals surface area (Å²) < 4.78 is 0. The van der Waals surface area contributed by atoms with Gasteiger partial charge < -0.3 is 11.1 Å². The number of likely N-dealkylation sites (tertiary alicyclic amines) is 1. The fourth-order valence-electron chi connectivity index (χ4n) is 3.17. The zero-order chi connectivity index (χ0) is 13.4. The Labute approximate surface area is 117 Å². The summed E-state index contributed by atoms with van der Waals surface area (Å²) in [5.74, 6) is 0.349. The average molecular weight is 280 g/mol. The van der Waals surface area contributed by atoms with Gasteiger partial charge in [0, 0.05) is 29.8 Å². The van der Waals surface area contributed by atoms with Gasteiger partial charge in [-0.05, 0) is 43.1 Å². The van der Waals surface area contributed by atoms with E-state index in [9.17, 15) is 4.79 Å². The monoisotopic (exact) mass is 279 g/mol. The minimum Gasteiger partial charge on any atom is -0.399 e. The number of carbonyl (C=O) groups is 1. The van der Waals surface area contributed by atoms with Crippen LogP contribution in [0.3, 0.4) is 0 Å². The van der Waals surface area contributed by atoms with Gasteiger partial charge >= 0.3 is 0 Å². The molecule has 2 aliphatic rings. The smallest absolute Gasteiger partial charge is 0.224 e. The van der Waals surface area contributed by atoms with E-state index in [1.165, 1.54) is 0 Å². The molecule has 1 aromatic rings. The van der Waals surface area contributed by atoms with Crippen LogP contribution in [0.5, 0.6) is 0 Å². The van der Waals surface area contributed by atoms with Crippen LogP contribution in [-0.2, 0) is 11.3 Å². The first-order valence-corrected chi connectivity index (χ1v) is 7.08. The number of fused-ring (bicyclic) bond motifs is 1. The predicted molar refractivity (Wildman–Crippen MR) is 75.8 cm³/mol. The normalized spacial score (nSPS) is 27.1. The van der Waals surface area contributed by atoms with Crippen LogP contribution in [0.15, 0.2) is 18.2 Å². The van der Waals surface area contributed by atoms with Gasteiger partial charge in [0.05, 0.1) is 5.92 Å². The number of nitrogens with one attached hydrogen (secondary N) is 1. The number of halogens is 1. The summed E-state index contributed by atoms with van der Waals surface area (Å²) >= 11 is 6.22. The Balaban J connectivity index is 1.79. The van der Waals surface area contributed by atoms with E-state index in [2.05, 4.69) is 10.2 Å². The highest BCUT2D eigenvalue weighted by Gasteiger charge is 2.40. The molecule has 2 saturated heterocycles. The van der Waals surface area contributed by atoms with E-state index in [0.717, 1.165) is 48.7 Å². The van der Waals surface area contributed by atoms with E-state index in [4.69, 9.17) is 17.3 Å². The lowest BCUT2D eigenvalue weighted by atomic mass is 9.91. The lowest BCUT2D eigenvalue weighted by molar-refractivity contribution is -0.124. The van der Waals surface area contributed by atoms with Crippen LogP contribution in [0, 0.1) is 5.92 Å². The zero-order valence-electron chi connectivity index (χ0n) is 10.7. The number of rotatable bonds is 2. The third-order valence-corrected chi connectivity index (χ3v) is 4.53. The largest absolute Gasteiger partial charge is 0.399 e. The Morgan fingerprint density at radius 3 is 3.16 bits per heavy atom. The Bertz CT molecular complexity index is 505. The molecular formula is C14H18ClN3O. The van der Waals surface area contributed by atoms with Crippen molar-refractivity contribution in [2.24, 2.45) is 5.92 Å². The summed E-state index contributed by atoms with van der Waals surface area (Å²) in [6.45, 7) is 2.53. The molecule has 2 fully saturated rings. The molecule has 0 radical (unpaired) electrons. The molecule has 4 nitrogen and oxygen atoms in total. The van der Waals surface area contributed by atoms with Gasteiger partial charge in [0.25, 0.3) is 0 Å². The highest BCUT2D eigenvalue weighted by molar-refractivity contribution is 6.31. The van der Waals surface area contributed by atoms with Gasteiger partial charge in [-0.3, -0.25) is 9.69 Å². The van der Waals surface area contributed by atoms with Crippen molar-refractivity contribution in [1.29, 1.82) is 0 Å². The van der Waals surface area contributed by atoms with Crippen LogP contribution in [-0.4, -0.2) is 29.9 Å².